The monoisotopic (exact) mass is 388 g/mol. The third kappa shape index (κ3) is 4.85. The van der Waals surface area contributed by atoms with Gasteiger partial charge in [-0.25, -0.2) is 9.93 Å². The minimum Gasteiger partial charge on any atom is -0.325 e. The van der Waals surface area contributed by atoms with Crippen LogP contribution in [0.25, 0.3) is 11.1 Å². The van der Waals surface area contributed by atoms with Crippen LogP contribution < -0.4 is 10.5 Å². The van der Waals surface area contributed by atoms with E-state index in [9.17, 15) is 13.2 Å². The zero-order valence-corrected chi connectivity index (χ0v) is 16.0. The van der Waals surface area contributed by atoms with Crippen LogP contribution in [-0.2, 0) is 10.2 Å². The molecule has 2 amide bonds. The molecular formula is C19H24N4O3S. The summed E-state index contributed by atoms with van der Waals surface area (Å²) in [5.74, 6) is 0. The fourth-order valence-corrected chi connectivity index (χ4v) is 3.96. The van der Waals surface area contributed by atoms with Gasteiger partial charge in [0, 0.05) is 31.9 Å². The van der Waals surface area contributed by atoms with Gasteiger partial charge in [0.15, 0.2) is 0 Å². The number of nitrogens with two attached hydrogens (primary N) is 1. The van der Waals surface area contributed by atoms with Crippen molar-refractivity contribution < 1.29 is 13.2 Å². The van der Waals surface area contributed by atoms with Crippen LogP contribution in [-0.4, -0.2) is 49.8 Å². The van der Waals surface area contributed by atoms with Gasteiger partial charge in [-0.05, 0) is 36.1 Å². The number of rotatable bonds is 4. The Hall–Kier alpha value is -2.42. The number of carbonyl (C=O) groups excluding carboxylic acids is 1. The van der Waals surface area contributed by atoms with Crippen LogP contribution in [0.4, 0.5) is 10.5 Å². The molecule has 3 rings (SSSR count). The zero-order chi connectivity index (χ0) is 19.4. The second kappa shape index (κ2) is 8.08. The van der Waals surface area contributed by atoms with Crippen molar-refractivity contribution in [2.75, 3.05) is 25.5 Å². The molecule has 0 unspecified atom stereocenters. The average molecular weight is 388 g/mol. The molecule has 1 fully saturated rings. The van der Waals surface area contributed by atoms with E-state index >= 15 is 0 Å². The lowest BCUT2D eigenvalue weighted by Gasteiger charge is -2.35. The van der Waals surface area contributed by atoms with E-state index in [1.807, 2.05) is 54.6 Å². The topological polar surface area (TPSA) is 95.7 Å². The van der Waals surface area contributed by atoms with Crippen LogP contribution in [0.3, 0.4) is 0 Å². The van der Waals surface area contributed by atoms with E-state index in [1.165, 1.54) is 4.31 Å². The Morgan fingerprint density at radius 2 is 1.59 bits per heavy atom. The molecule has 1 aliphatic rings. The minimum absolute atomic E-state index is 0.0217. The summed E-state index contributed by atoms with van der Waals surface area (Å²) in [5.41, 5.74) is 2.92. The first-order valence-electron chi connectivity index (χ1n) is 8.82. The third-order valence-corrected chi connectivity index (χ3v) is 5.98. The molecule has 1 aliphatic heterocycles. The second-order valence-electron chi connectivity index (χ2n) is 6.66. The third-order valence-electron chi connectivity index (χ3n) is 4.89. The smallest absolute Gasteiger partial charge is 0.321 e. The van der Waals surface area contributed by atoms with Gasteiger partial charge in [-0.15, -0.1) is 0 Å². The normalized spacial score (nSPS) is 16.1. The molecule has 27 heavy (non-hydrogen) atoms. The molecule has 1 saturated heterocycles. The SMILES string of the molecule is CN(C(=O)Nc1ccc(-c2ccccc2)cc1)C1CCN(S(N)(=O)=O)CC1. The number of piperidine rings is 1. The van der Waals surface area contributed by atoms with Gasteiger partial charge in [0.05, 0.1) is 0 Å². The van der Waals surface area contributed by atoms with Crippen LogP contribution in [0.15, 0.2) is 54.6 Å². The highest BCUT2D eigenvalue weighted by Crippen LogP contribution is 2.22. The fourth-order valence-electron chi connectivity index (χ4n) is 3.24. The Labute approximate surface area is 160 Å². The Morgan fingerprint density at radius 1 is 1.04 bits per heavy atom. The number of nitrogens with one attached hydrogen (secondary N) is 1. The molecule has 0 bridgehead atoms. The number of hydrogen-bond acceptors (Lipinski definition) is 3. The lowest BCUT2D eigenvalue weighted by atomic mass is 10.1. The van der Waals surface area contributed by atoms with E-state index in [2.05, 4.69) is 5.32 Å². The van der Waals surface area contributed by atoms with Gasteiger partial charge in [-0.3, -0.25) is 0 Å². The van der Waals surface area contributed by atoms with Crippen molar-refractivity contribution in [3.63, 3.8) is 0 Å². The van der Waals surface area contributed by atoms with Crippen LogP contribution >= 0.6 is 0 Å². The predicted octanol–water partition coefficient (Wildman–Crippen LogP) is 2.49. The first-order valence-corrected chi connectivity index (χ1v) is 10.3. The second-order valence-corrected chi connectivity index (χ2v) is 8.21. The zero-order valence-electron chi connectivity index (χ0n) is 15.2. The van der Waals surface area contributed by atoms with E-state index in [0.29, 0.717) is 31.6 Å². The van der Waals surface area contributed by atoms with E-state index in [4.69, 9.17) is 5.14 Å². The highest BCUT2D eigenvalue weighted by atomic mass is 32.2. The first kappa shape index (κ1) is 19.3. The Kier molecular flexibility index (Phi) is 5.79. The van der Waals surface area contributed by atoms with Gasteiger partial charge < -0.3 is 10.2 Å². The molecule has 7 nitrogen and oxygen atoms in total. The molecule has 3 N–H and O–H groups in total. The summed E-state index contributed by atoms with van der Waals surface area (Å²) in [5, 5.41) is 8.04. The van der Waals surface area contributed by atoms with Gasteiger partial charge in [0.25, 0.3) is 10.2 Å². The maximum Gasteiger partial charge on any atom is 0.321 e. The predicted molar refractivity (Wildman–Crippen MR) is 106 cm³/mol. The Morgan fingerprint density at radius 3 is 2.15 bits per heavy atom. The number of benzene rings is 2. The van der Waals surface area contributed by atoms with Crippen molar-refractivity contribution in [3.05, 3.63) is 54.6 Å². The number of hydrogen-bond donors (Lipinski definition) is 2. The van der Waals surface area contributed by atoms with Gasteiger partial charge in [-0.2, -0.15) is 12.7 Å². The fraction of sp³-hybridized carbons (Fsp3) is 0.316. The molecule has 0 aliphatic carbocycles. The molecular weight excluding hydrogens is 364 g/mol. The molecule has 0 saturated carbocycles. The molecule has 0 radical (unpaired) electrons. The molecule has 2 aromatic rings. The summed E-state index contributed by atoms with van der Waals surface area (Å²) in [6.07, 6.45) is 1.13. The summed E-state index contributed by atoms with van der Waals surface area (Å²) in [4.78, 5) is 14.1. The maximum atomic E-state index is 12.5. The van der Waals surface area contributed by atoms with Crippen LogP contribution in [0.2, 0.25) is 0 Å². The first-order chi connectivity index (χ1) is 12.8. The lowest BCUT2D eigenvalue weighted by Crippen LogP contribution is -2.49. The Balaban J connectivity index is 1.57. The maximum absolute atomic E-state index is 12.5. The molecule has 0 atom stereocenters. The lowest BCUT2D eigenvalue weighted by molar-refractivity contribution is 0.174. The highest BCUT2D eigenvalue weighted by molar-refractivity contribution is 7.86. The molecule has 144 valence electrons. The summed E-state index contributed by atoms with van der Waals surface area (Å²) in [6.45, 7) is 0.653. The average Bonchev–Trinajstić information content (AvgIpc) is 2.68. The van der Waals surface area contributed by atoms with Crippen LogP contribution in [0.1, 0.15) is 12.8 Å². The van der Waals surface area contributed by atoms with Gasteiger partial charge in [0.2, 0.25) is 0 Å². The summed E-state index contributed by atoms with van der Waals surface area (Å²) in [7, 11) is -1.93. The molecule has 8 heteroatoms. The van der Waals surface area contributed by atoms with E-state index in [1.54, 1.807) is 11.9 Å². The molecule has 2 aromatic carbocycles. The number of nitrogens with zero attached hydrogens (tertiary/aromatic N) is 2. The van der Waals surface area contributed by atoms with Gasteiger partial charge in [-0.1, -0.05) is 42.5 Å². The van der Waals surface area contributed by atoms with E-state index in [0.717, 1.165) is 11.1 Å². The Bertz CT molecular complexity index is 877. The van der Waals surface area contributed by atoms with Crippen LogP contribution in [0, 0.1) is 0 Å². The van der Waals surface area contributed by atoms with Crippen LogP contribution in [0.5, 0.6) is 0 Å². The van der Waals surface area contributed by atoms with Crippen molar-refractivity contribution in [1.82, 2.24) is 9.21 Å². The molecule has 0 spiro atoms. The number of amides is 2. The van der Waals surface area contributed by atoms with E-state index in [-0.39, 0.29) is 12.1 Å². The quantitative estimate of drug-likeness (QED) is 0.842. The number of urea groups is 1. The summed E-state index contributed by atoms with van der Waals surface area (Å²) < 4.78 is 24.0. The van der Waals surface area contributed by atoms with Crippen molar-refractivity contribution >= 4 is 21.9 Å². The molecule has 1 heterocycles. The number of anilines is 1. The minimum atomic E-state index is -3.66. The van der Waals surface area contributed by atoms with E-state index < -0.39 is 10.2 Å². The largest absolute Gasteiger partial charge is 0.325 e. The van der Waals surface area contributed by atoms with Gasteiger partial charge >= 0.3 is 6.03 Å². The summed E-state index contributed by atoms with van der Waals surface area (Å²) >= 11 is 0. The van der Waals surface area contributed by atoms with Crippen molar-refractivity contribution in [2.24, 2.45) is 5.14 Å². The number of carbonyl (C=O) groups is 1. The standard InChI is InChI=1S/C19H24N4O3S/c1-22(18-11-13-23(14-12-18)27(20,25)26)19(24)21-17-9-7-16(8-10-17)15-5-3-2-4-6-15/h2-10,18H,11-14H2,1H3,(H,21,24)(H2,20,25,26). The molecule has 0 aromatic heterocycles. The van der Waals surface area contributed by atoms with Crippen molar-refractivity contribution in [2.45, 2.75) is 18.9 Å². The van der Waals surface area contributed by atoms with Crippen molar-refractivity contribution in [3.8, 4) is 11.1 Å². The highest BCUT2D eigenvalue weighted by Gasteiger charge is 2.29. The summed E-state index contributed by atoms with van der Waals surface area (Å²) in [6, 6.07) is 17.5. The van der Waals surface area contributed by atoms with Crippen molar-refractivity contribution in [1.29, 1.82) is 0 Å². The van der Waals surface area contributed by atoms with Gasteiger partial charge in [0.1, 0.15) is 0 Å².